The third-order valence-corrected chi connectivity index (χ3v) is 5.23. The smallest absolute Gasteiger partial charge is 0.162 e. The molecule has 0 amide bonds. The van der Waals surface area contributed by atoms with E-state index in [1.165, 1.54) is 18.7 Å². The number of fused-ring (bicyclic) bond motifs is 1. The highest BCUT2D eigenvalue weighted by Gasteiger charge is 2.32. The van der Waals surface area contributed by atoms with E-state index in [-0.39, 0.29) is 6.23 Å². The van der Waals surface area contributed by atoms with E-state index in [9.17, 15) is 0 Å². The Morgan fingerprint density at radius 2 is 2.17 bits per heavy atom. The predicted molar refractivity (Wildman–Crippen MR) is 90.4 cm³/mol. The zero-order valence-electron chi connectivity index (χ0n) is 14.1. The number of likely N-dealkylation sites (tertiary alicyclic amines) is 1. The van der Waals surface area contributed by atoms with Crippen molar-refractivity contribution in [1.29, 1.82) is 0 Å². The van der Waals surface area contributed by atoms with Crippen molar-refractivity contribution in [3.63, 3.8) is 0 Å². The summed E-state index contributed by atoms with van der Waals surface area (Å²) in [6, 6.07) is 4.64. The molecule has 4 heterocycles. The average Bonchev–Trinajstić information content (AvgIpc) is 3.20. The molecule has 0 N–H and O–H groups in total. The molecule has 2 aliphatic rings. The van der Waals surface area contributed by atoms with E-state index in [0.29, 0.717) is 12.0 Å². The summed E-state index contributed by atoms with van der Waals surface area (Å²) in [6.07, 6.45) is 6.59. The topological polar surface area (TPSA) is 43.2 Å². The molecule has 2 atom stereocenters. The first-order valence-corrected chi connectivity index (χ1v) is 8.92. The normalized spacial score (nSPS) is 26.4. The lowest BCUT2D eigenvalue weighted by atomic mass is 10.1. The van der Waals surface area contributed by atoms with E-state index >= 15 is 0 Å². The van der Waals surface area contributed by atoms with Gasteiger partial charge in [-0.2, -0.15) is 0 Å². The second kappa shape index (κ2) is 6.21. The molecule has 5 heteroatoms. The van der Waals surface area contributed by atoms with E-state index in [4.69, 9.17) is 9.72 Å². The molecular weight excluding hydrogens is 288 g/mol. The fourth-order valence-corrected chi connectivity index (χ4v) is 3.91. The number of imidazole rings is 1. The van der Waals surface area contributed by atoms with Crippen molar-refractivity contribution in [2.45, 2.75) is 57.7 Å². The van der Waals surface area contributed by atoms with E-state index < -0.39 is 0 Å². The van der Waals surface area contributed by atoms with Crippen LogP contribution >= 0.6 is 0 Å². The van der Waals surface area contributed by atoms with Gasteiger partial charge in [-0.3, -0.25) is 4.57 Å². The standard InChI is InChI=1S/C18H26N4O/c1-13(2)21-10-8-14(12-21)17-20-15-6-5-9-19-18(15)22(17)16-7-3-4-11-23-16/h5-6,9,13-14,16H,3-4,7-8,10-12H2,1-2H3. The van der Waals surface area contributed by atoms with Crippen LogP contribution in [-0.2, 0) is 4.74 Å². The summed E-state index contributed by atoms with van der Waals surface area (Å²) in [5, 5.41) is 0. The van der Waals surface area contributed by atoms with Gasteiger partial charge in [-0.1, -0.05) is 0 Å². The van der Waals surface area contributed by atoms with Gasteiger partial charge >= 0.3 is 0 Å². The second-order valence-electron chi connectivity index (χ2n) is 7.08. The maximum Gasteiger partial charge on any atom is 0.162 e. The minimum Gasteiger partial charge on any atom is -0.358 e. The molecule has 124 valence electrons. The maximum absolute atomic E-state index is 6.07. The van der Waals surface area contributed by atoms with Gasteiger partial charge in [0.15, 0.2) is 5.65 Å². The molecule has 0 radical (unpaired) electrons. The fourth-order valence-electron chi connectivity index (χ4n) is 3.91. The Morgan fingerprint density at radius 3 is 2.91 bits per heavy atom. The highest BCUT2D eigenvalue weighted by Crippen LogP contribution is 2.34. The summed E-state index contributed by atoms with van der Waals surface area (Å²) in [6.45, 7) is 7.64. The van der Waals surface area contributed by atoms with Gasteiger partial charge in [0, 0.05) is 31.3 Å². The molecule has 0 saturated carbocycles. The van der Waals surface area contributed by atoms with Crippen LogP contribution in [-0.4, -0.2) is 45.2 Å². The molecule has 2 aliphatic heterocycles. The first-order chi connectivity index (χ1) is 11.2. The highest BCUT2D eigenvalue weighted by molar-refractivity contribution is 5.71. The molecule has 5 nitrogen and oxygen atoms in total. The minimum atomic E-state index is 0.103. The van der Waals surface area contributed by atoms with Gasteiger partial charge < -0.3 is 9.64 Å². The molecule has 0 aliphatic carbocycles. The number of rotatable bonds is 3. The zero-order chi connectivity index (χ0) is 15.8. The molecule has 2 unspecified atom stereocenters. The van der Waals surface area contributed by atoms with Crippen molar-refractivity contribution >= 4 is 11.2 Å². The van der Waals surface area contributed by atoms with Gasteiger partial charge in [0.2, 0.25) is 0 Å². The Hall–Kier alpha value is -1.46. The van der Waals surface area contributed by atoms with Crippen LogP contribution in [0.1, 0.15) is 57.5 Å². The van der Waals surface area contributed by atoms with Gasteiger partial charge in [0.05, 0.1) is 0 Å². The van der Waals surface area contributed by atoms with Crippen molar-refractivity contribution in [2.75, 3.05) is 19.7 Å². The lowest BCUT2D eigenvalue weighted by Gasteiger charge is -2.27. The van der Waals surface area contributed by atoms with E-state index in [1.54, 1.807) is 0 Å². The van der Waals surface area contributed by atoms with Crippen LogP contribution in [0.2, 0.25) is 0 Å². The summed E-state index contributed by atoms with van der Waals surface area (Å²) >= 11 is 0. The fraction of sp³-hybridized carbons (Fsp3) is 0.667. The summed E-state index contributed by atoms with van der Waals surface area (Å²) < 4.78 is 8.37. The quantitative estimate of drug-likeness (QED) is 0.871. The second-order valence-corrected chi connectivity index (χ2v) is 7.08. The summed E-state index contributed by atoms with van der Waals surface area (Å²) in [5.41, 5.74) is 1.98. The molecule has 2 fully saturated rings. The molecule has 0 bridgehead atoms. The molecular formula is C18H26N4O. The molecule has 0 spiro atoms. The van der Waals surface area contributed by atoms with E-state index in [2.05, 4.69) is 34.4 Å². The lowest BCUT2D eigenvalue weighted by Crippen LogP contribution is -2.28. The zero-order valence-corrected chi connectivity index (χ0v) is 14.1. The Kier molecular flexibility index (Phi) is 4.07. The average molecular weight is 314 g/mol. The predicted octanol–water partition coefficient (Wildman–Crippen LogP) is 3.33. The molecule has 2 aromatic heterocycles. The van der Waals surface area contributed by atoms with Crippen molar-refractivity contribution < 1.29 is 4.74 Å². The van der Waals surface area contributed by atoms with Crippen LogP contribution in [0.25, 0.3) is 11.2 Å². The summed E-state index contributed by atoms with van der Waals surface area (Å²) in [7, 11) is 0. The third-order valence-electron chi connectivity index (χ3n) is 5.23. The van der Waals surface area contributed by atoms with Crippen molar-refractivity contribution in [1.82, 2.24) is 19.4 Å². The number of hydrogen-bond donors (Lipinski definition) is 0. The van der Waals surface area contributed by atoms with Gasteiger partial charge in [0.1, 0.15) is 17.6 Å². The Labute approximate surface area is 137 Å². The van der Waals surface area contributed by atoms with Crippen molar-refractivity contribution in [2.24, 2.45) is 0 Å². The largest absolute Gasteiger partial charge is 0.358 e. The van der Waals surface area contributed by atoms with E-state index in [0.717, 1.165) is 43.7 Å². The number of ether oxygens (including phenoxy) is 1. The van der Waals surface area contributed by atoms with Crippen LogP contribution in [0.4, 0.5) is 0 Å². The van der Waals surface area contributed by atoms with Gasteiger partial charge in [-0.25, -0.2) is 9.97 Å². The van der Waals surface area contributed by atoms with Gasteiger partial charge in [-0.05, 0) is 58.2 Å². The summed E-state index contributed by atoms with van der Waals surface area (Å²) in [5.74, 6) is 1.66. The molecule has 2 aromatic rings. The van der Waals surface area contributed by atoms with Crippen LogP contribution in [0.3, 0.4) is 0 Å². The Balaban J connectivity index is 1.73. The number of nitrogens with zero attached hydrogens (tertiary/aromatic N) is 4. The number of hydrogen-bond acceptors (Lipinski definition) is 4. The first kappa shape index (κ1) is 15.1. The first-order valence-electron chi connectivity index (χ1n) is 8.92. The van der Waals surface area contributed by atoms with Crippen LogP contribution in [0.5, 0.6) is 0 Å². The molecule has 0 aromatic carbocycles. The Bertz CT molecular complexity index is 675. The number of aromatic nitrogens is 3. The van der Waals surface area contributed by atoms with Crippen LogP contribution in [0.15, 0.2) is 18.3 Å². The third kappa shape index (κ3) is 2.76. The molecule has 2 saturated heterocycles. The Morgan fingerprint density at radius 1 is 1.26 bits per heavy atom. The van der Waals surface area contributed by atoms with Gasteiger partial charge in [-0.15, -0.1) is 0 Å². The molecule has 23 heavy (non-hydrogen) atoms. The van der Waals surface area contributed by atoms with E-state index in [1.807, 2.05) is 12.3 Å². The highest BCUT2D eigenvalue weighted by atomic mass is 16.5. The van der Waals surface area contributed by atoms with Crippen molar-refractivity contribution in [3.8, 4) is 0 Å². The monoisotopic (exact) mass is 314 g/mol. The number of pyridine rings is 1. The summed E-state index contributed by atoms with van der Waals surface area (Å²) in [4.78, 5) is 12.1. The lowest BCUT2D eigenvalue weighted by molar-refractivity contribution is -0.0318. The molecule has 4 rings (SSSR count). The van der Waals surface area contributed by atoms with Crippen molar-refractivity contribution in [3.05, 3.63) is 24.2 Å². The van der Waals surface area contributed by atoms with Crippen LogP contribution < -0.4 is 0 Å². The minimum absolute atomic E-state index is 0.103. The SMILES string of the molecule is CC(C)N1CCC(c2nc3cccnc3n2C2CCCCO2)C1. The maximum atomic E-state index is 6.07. The van der Waals surface area contributed by atoms with Gasteiger partial charge in [0.25, 0.3) is 0 Å². The van der Waals surface area contributed by atoms with Crippen LogP contribution in [0, 0.1) is 0 Å².